The van der Waals surface area contributed by atoms with Crippen molar-refractivity contribution < 1.29 is 5.11 Å². The molecule has 1 aromatic rings. The molecular formula is C12H15ClO. The van der Waals surface area contributed by atoms with E-state index in [9.17, 15) is 5.11 Å². The van der Waals surface area contributed by atoms with Crippen LogP contribution < -0.4 is 0 Å². The van der Waals surface area contributed by atoms with E-state index < -0.39 is 5.60 Å². The van der Waals surface area contributed by atoms with Gasteiger partial charge in [-0.2, -0.15) is 0 Å². The first-order valence-electron chi connectivity index (χ1n) is 5.07. The molecule has 2 rings (SSSR count). The highest BCUT2D eigenvalue weighted by Gasteiger charge is 2.53. The highest BCUT2D eigenvalue weighted by atomic mass is 35.5. The van der Waals surface area contributed by atoms with Crippen molar-refractivity contribution in [3.63, 3.8) is 0 Å². The number of hydrogen-bond acceptors (Lipinski definition) is 1. The number of aryl methyl sites for hydroxylation is 1. The van der Waals surface area contributed by atoms with E-state index in [0.717, 1.165) is 24.0 Å². The summed E-state index contributed by atoms with van der Waals surface area (Å²) >= 11 is 5.93. The fourth-order valence-corrected chi connectivity index (χ4v) is 2.36. The molecule has 76 valence electrons. The van der Waals surface area contributed by atoms with E-state index in [2.05, 4.69) is 6.92 Å². The Morgan fingerprint density at radius 1 is 1.57 bits per heavy atom. The molecule has 0 bridgehead atoms. The Labute approximate surface area is 89.7 Å². The number of aliphatic hydroxyl groups is 1. The Hall–Kier alpha value is -0.530. The van der Waals surface area contributed by atoms with Crippen molar-refractivity contribution >= 4 is 11.6 Å². The van der Waals surface area contributed by atoms with Gasteiger partial charge in [-0.1, -0.05) is 31.0 Å². The van der Waals surface area contributed by atoms with Crippen LogP contribution in [0.4, 0.5) is 0 Å². The van der Waals surface area contributed by atoms with Gasteiger partial charge in [-0.15, -0.1) is 0 Å². The van der Waals surface area contributed by atoms with Crippen LogP contribution in [0.15, 0.2) is 18.2 Å². The number of rotatable bonds is 2. The molecule has 0 saturated heterocycles. The third-order valence-corrected chi connectivity index (χ3v) is 3.47. The van der Waals surface area contributed by atoms with Crippen molar-refractivity contribution in [2.75, 3.05) is 0 Å². The van der Waals surface area contributed by atoms with Crippen LogP contribution in [0.3, 0.4) is 0 Å². The molecule has 0 spiro atoms. The summed E-state index contributed by atoms with van der Waals surface area (Å²) in [4.78, 5) is 0. The molecule has 0 heterocycles. The molecule has 1 aliphatic carbocycles. The minimum atomic E-state index is -0.594. The lowest BCUT2D eigenvalue weighted by molar-refractivity contribution is 0.129. The molecule has 1 saturated carbocycles. The topological polar surface area (TPSA) is 20.2 Å². The predicted octanol–water partition coefficient (Wildman–Crippen LogP) is 3.27. The van der Waals surface area contributed by atoms with E-state index in [-0.39, 0.29) is 0 Å². The highest BCUT2D eigenvalue weighted by Crippen LogP contribution is 2.54. The molecule has 1 aliphatic rings. The Morgan fingerprint density at radius 2 is 2.29 bits per heavy atom. The molecular weight excluding hydrogens is 196 g/mol. The second-order valence-corrected chi connectivity index (χ2v) is 4.63. The van der Waals surface area contributed by atoms with E-state index in [1.165, 1.54) is 0 Å². The quantitative estimate of drug-likeness (QED) is 0.795. The maximum Gasteiger partial charge on any atom is 0.0932 e. The molecule has 2 heteroatoms. The van der Waals surface area contributed by atoms with Crippen molar-refractivity contribution in [1.29, 1.82) is 0 Å². The SMILES string of the molecule is CCC1CC1(O)c1cc(Cl)ccc1C. The normalized spacial score (nSPS) is 30.4. The molecule has 14 heavy (non-hydrogen) atoms. The summed E-state index contributed by atoms with van der Waals surface area (Å²) in [5, 5.41) is 11.0. The second kappa shape index (κ2) is 3.25. The van der Waals surface area contributed by atoms with Crippen molar-refractivity contribution in [3.8, 4) is 0 Å². The maximum absolute atomic E-state index is 10.3. The molecule has 1 fully saturated rings. The summed E-state index contributed by atoms with van der Waals surface area (Å²) in [5.41, 5.74) is 1.55. The average molecular weight is 211 g/mol. The molecule has 0 aliphatic heterocycles. The van der Waals surface area contributed by atoms with Gasteiger partial charge in [0.1, 0.15) is 0 Å². The third kappa shape index (κ3) is 1.45. The van der Waals surface area contributed by atoms with Crippen molar-refractivity contribution in [2.24, 2.45) is 5.92 Å². The van der Waals surface area contributed by atoms with E-state index in [4.69, 9.17) is 11.6 Å². The second-order valence-electron chi connectivity index (χ2n) is 4.19. The lowest BCUT2D eigenvalue weighted by Gasteiger charge is -2.13. The lowest BCUT2D eigenvalue weighted by atomic mass is 9.99. The van der Waals surface area contributed by atoms with E-state index >= 15 is 0 Å². The van der Waals surface area contributed by atoms with Gasteiger partial charge in [0.25, 0.3) is 0 Å². The molecule has 1 aromatic carbocycles. The fourth-order valence-electron chi connectivity index (χ4n) is 2.19. The standard InChI is InChI=1S/C12H15ClO/c1-3-9-7-12(9,14)11-6-10(13)5-4-8(11)2/h4-6,9,14H,3,7H2,1-2H3. The summed E-state index contributed by atoms with van der Waals surface area (Å²) in [7, 11) is 0. The molecule has 2 atom stereocenters. The predicted molar refractivity (Wildman–Crippen MR) is 58.5 cm³/mol. The zero-order valence-electron chi connectivity index (χ0n) is 8.55. The van der Waals surface area contributed by atoms with Crippen molar-refractivity contribution in [3.05, 3.63) is 34.3 Å². The highest BCUT2D eigenvalue weighted by molar-refractivity contribution is 6.30. The third-order valence-electron chi connectivity index (χ3n) is 3.23. The van der Waals surface area contributed by atoms with Gasteiger partial charge in [0.15, 0.2) is 0 Å². The van der Waals surface area contributed by atoms with Crippen LogP contribution in [-0.4, -0.2) is 5.11 Å². The van der Waals surface area contributed by atoms with Gasteiger partial charge in [-0.05, 0) is 42.5 Å². The van der Waals surface area contributed by atoms with Gasteiger partial charge in [0, 0.05) is 5.02 Å². The van der Waals surface area contributed by atoms with Gasteiger partial charge in [0.2, 0.25) is 0 Å². The number of hydrogen-bond donors (Lipinski definition) is 1. The van der Waals surface area contributed by atoms with Crippen LogP contribution in [0, 0.1) is 12.8 Å². The molecule has 1 N–H and O–H groups in total. The average Bonchev–Trinajstić information content (AvgIpc) is 2.83. The van der Waals surface area contributed by atoms with E-state index in [1.807, 2.05) is 25.1 Å². The van der Waals surface area contributed by atoms with Crippen LogP contribution in [0.2, 0.25) is 5.02 Å². The van der Waals surface area contributed by atoms with Crippen molar-refractivity contribution in [2.45, 2.75) is 32.3 Å². The largest absolute Gasteiger partial charge is 0.385 e. The van der Waals surface area contributed by atoms with Gasteiger partial charge >= 0.3 is 0 Å². The summed E-state index contributed by atoms with van der Waals surface area (Å²) in [6.07, 6.45) is 1.91. The van der Waals surface area contributed by atoms with Crippen LogP contribution in [-0.2, 0) is 5.60 Å². The van der Waals surface area contributed by atoms with Gasteiger partial charge in [-0.3, -0.25) is 0 Å². The van der Waals surface area contributed by atoms with Gasteiger partial charge < -0.3 is 5.11 Å². The Kier molecular flexibility index (Phi) is 2.32. The molecule has 1 nitrogen and oxygen atoms in total. The summed E-state index contributed by atoms with van der Waals surface area (Å²) in [6, 6.07) is 5.74. The number of halogens is 1. The van der Waals surface area contributed by atoms with Crippen LogP contribution in [0.5, 0.6) is 0 Å². The molecule has 2 unspecified atom stereocenters. The summed E-state index contributed by atoms with van der Waals surface area (Å²) < 4.78 is 0. The first-order valence-corrected chi connectivity index (χ1v) is 5.44. The zero-order valence-corrected chi connectivity index (χ0v) is 9.30. The maximum atomic E-state index is 10.3. The van der Waals surface area contributed by atoms with Gasteiger partial charge in [-0.25, -0.2) is 0 Å². The number of benzene rings is 1. The first-order chi connectivity index (χ1) is 6.58. The van der Waals surface area contributed by atoms with Crippen molar-refractivity contribution in [1.82, 2.24) is 0 Å². The molecule has 0 aromatic heterocycles. The minimum absolute atomic E-state index is 0.416. The fraction of sp³-hybridized carbons (Fsp3) is 0.500. The van der Waals surface area contributed by atoms with Crippen LogP contribution >= 0.6 is 11.6 Å². The minimum Gasteiger partial charge on any atom is -0.385 e. The Bertz CT molecular complexity index is 361. The van der Waals surface area contributed by atoms with E-state index in [1.54, 1.807) is 0 Å². The summed E-state index contributed by atoms with van der Waals surface area (Å²) in [5.74, 6) is 0.416. The monoisotopic (exact) mass is 210 g/mol. The molecule has 0 amide bonds. The van der Waals surface area contributed by atoms with Crippen LogP contribution in [0.25, 0.3) is 0 Å². The van der Waals surface area contributed by atoms with Gasteiger partial charge in [0.05, 0.1) is 5.60 Å². The van der Waals surface area contributed by atoms with E-state index in [0.29, 0.717) is 10.9 Å². The zero-order chi connectivity index (χ0) is 10.3. The Balaban J connectivity index is 2.38. The smallest absolute Gasteiger partial charge is 0.0932 e. The summed E-state index contributed by atoms with van der Waals surface area (Å²) in [6.45, 7) is 4.14. The van der Waals surface area contributed by atoms with Crippen LogP contribution in [0.1, 0.15) is 30.9 Å². The lowest BCUT2D eigenvalue weighted by Crippen LogP contribution is -2.10. The Morgan fingerprint density at radius 3 is 2.86 bits per heavy atom. The molecule has 0 radical (unpaired) electrons. The first kappa shape index (κ1) is 10.0.